The van der Waals surface area contributed by atoms with E-state index in [0.717, 1.165) is 0 Å². The molecule has 0 fully saturated rings. The number of benzene rings is 1. The molecule has 0 saturated heterocycles. The molecule has 2 N–H and O–H groups in total. The van der Waals surface area contributed by atoms with Gasteiger partial charge in [0, 0.05) is 17.1 Å². The summed E-state index contributed by atoms with van der Waals surface area (Å²) in [5.74, 6) is 0. The topological polar surface area (TPSA) is 31.5 Å². The summed E-state index contributed by atoms with van der Waals surface area (Å²) < 4.78 is 0. The van der Waals surface area contributed by atoms with Crippen molar-refractivity contribution in [3.05, 3.63) is 36.4 Å². The SMILES string of the molecule is O.[Cu].c1ccccc1. The summed E-state index contributed by atoms with van der Waals surface area (Å²) in [7, 11) is 0. The molecule has 0 spiro atoms. The van der Waals surface area contributed by atoms with Crippen LogP contribution in [0, 0.1) is 0 Å². The van der Waals surface area contributed by atoms with Crippen LogP contribution in [0.2, 0.25) is 0 Å². The van der Waals surface area contributed by atoms with Gasteiger partial charge in [0.25, 0.3) is 0 Å². The minimum absolute atomic E-state index is 0. The van der Waals surface area contributed by atoms with E-state index in [9.17, 15) is 0 Å². The third-order valence-corrected chi connectivity index (χ3v) is 0.667. The van der Waals surface area contributed by atoms with E-state index in [1.165, 1.54) is 0 Å². The molecule has 1 radical (unpaired) electrons. The van der Waals surface area contributed by atoms with Crippen molar-refractivity contribution in [2.45, 2.75) is 0 Å². The molecule has 0 aliphatic rings. The van der Waals surface area contributed by atoms with Gasteiger partial charge in [0.2, 0.25) is 0 Å². The van der Waals surface area contributed by atoms with Crippen LogP contribution in [0.15, 0.2) is 36.4 Å². The average Bonchev–Trinajstić information content (AvgIpc) is 1.72. The summed E-state index contributed by atoms with van der Waals surface area (Å²) in [6.45, 7) is 0. The Bertz CT molecular complexity index is 80.5. The Hall–Kier alpha value is -0.301. The van der Waals surface area contributed by atoms with E-state index in [1.54, 1.807) is 0 Å². The zero-order valence-corrected chi connectivity index (χ0v) is 5.21. The number of hydrogen-bond donors (Lipinski definition) is 0. The van der Waals surface area contributed by atoms with E-state index in [0.29, 0.717) is 0 Å². The van der Waals surface area contributed by atoms with Crippen molar-refractivity contribution >= 4 is 0 Å². The number of hydrogen-bond acceptors (Lipinski definition) is 0. The third kappa shape index (κ3) is 3.87. The van der Waals surface area contributed by atoms with Crippen LogP contribution in [0.1, 0.15) is 0 Å². The molecule has 0 saturated carbocycles. The van der Waals surface area contributed by atoms with Gasteiger partial charge in [0.05, 0.1) is 0 Å². The van der Waals surface area contributed by atoms with Gasteiger partial charge >= 0.3 is 0 Å². The summed E-state index contributed by atoms with van der Waals surface area (Å²) in [6, 6.07) is 12.0. The van der Waals surface area contributed by atoms with Gasteiger partial charge in [-0.05, 0) is 0 Å². The Morgan fingerprint density at radius 1 is 0.500 bits per heavy atom. The van der Waals surface area contributed by atoms with Gasteiger partial charge < -0.3 is 5.48 Å². The molecule has 0 amide bonds. The minimum atomic E-state index is 0. The molecular weight excluding hydrogens is 152 g/mol. The van der Waals surface area contributed by atoms with Gasteiger partial charge in [0.1, 0.15) is 0 Å². The van der Waals surface area contributed by atoms with Crippen LogP contribution in [0.4, 0.5) is 0 Å². The third-order valence-electron chi connectivity index (χ3n) is 0.667. The van der Waals surface area contributed by atoms with Crippen LogP contribution < -0.4 is 0 Å². The van der Waals surface area contributed by atoms with Gasteiger partial charge in [0.15, 0.2) is 0 Å². The first-order chi connectivity index (χ1) is 3.00. The Balaban J connectivity index is 0. The van der Waals surface area contributed by atoms with Gasteiger partial charge in [-0.3, -0.25) is 0 Å². The minimum Gasteiger partial charge on any atom is -0.412 e. The molecule has 2 heteroatoms. The monoisotopic (exact) mass is 159 g/mol. The quantitative estimate of drug-likeness (QED) is 0.503. The van der Waals surface area contributed by atoms with Crippen LogP contribution in [-0.2, 0) is 17.1 Å². The van der Waals surface area contributed by atoms with Crippen molar-refractivity contribution in [1.29, 1.82) is 0 Å². The van der Waals surface area contributed by atoms with Crippen molar-refractivity contribution in [3.63, 3.8) is 0 Å². The zero-order chi connectivity index (χ0) is 4.24. The van der Waals surface area contributed by atoms with E-state index in [-0.39, 0.29) is 22.5 Å². The van der Waals surface area contributed by atoms with Gasteiger partial charge in [-0.25, -0.2) is 0 Å². The maximum atomic E-state index is 2.00. The van der Waals surface area contributed by atoms with E-state index in [1.807, 2.05) is 36.4 Å². The molecule has 1 rings (SSSR count). The summed E-state index contributed by atoms with van der Waals surface area (Å²) >= 11 is 0. The standard InChI is InChI=1S/C6H6.Cu.H2O/c1-2-4-6-5-3-1;;/h1-6H;;1H2. The molecular formula is C6H8CuO. The van der Waals surface area contributed by atoms with E-state index in [2.05, 4.69) is 0 Å². The van der Waals surface area contributed by atoms with Gasteiger partial charge in [-0.2, -0.15) is 0 Å². The Morgan fingerprint density at radius 3 is 0.750 bits per heavy atom. The fourth-order valence-corrected chi connectivity index (χ4v) is 0.385. The fourth-order valence-electron chi connectivity index (χ4n) is 0.385. The largest absolute Gasteiger partial charge is 0.412 e. The number of rotatable bonds is 0. The molecule has 49 valence electrons. The summed E-state index contributed by atoms with van der Waals surface area (Å²) in [4.78, 5) is 0. The Kier molecular flexibility index (Phi) is 8.91. The Labute approximate surface area is 59.5 Å². The molecule has 0 unspecified atom stereocenters. The molecule has 1 nitrogen and oxygen atoms in total. The van der Waals surface area contributed by atoms with Crippen LogP contribution in [0.3, 0.4) is 0 Å². The normalized spacial score (nSPS) is 6.00. The molecule has 0 atom stereocenters. The first-order valence-electron chi connectivity index (χ1n) is 2.00. The second-order valence-corrected chi connectivity index (χ2v) is 1.15. The van der Waals surface area contributed by atoms with Gasteiger partial charge in [-0.1, -0.05) is 36.4 Å². The van der Waals surface area contributed by atoms with E-state index in [4.69, 9.17) is 0 Å². The van der Waals surface area contributed by atoms with E-state index >= 15 is 0 Å². The van der Waals surface area contributed by atoms with E-state index < -0.39 is 0 Å². The smallest absolute Gasteiger partial charge is 0 e. The maximum Gasteiger partial charge on any atom is 0 e. The first kappa shape index (κ1) is 10.6. The zero-order valence-electron chi connectivity index (χ0n) is 4.27. The molecule has 0 aliphatic carbocycles. The molecule has 0 heterocycles. The van der Waals surface area contributed by atoms with Crippen molar-refractivity contribution in [2.75, 3.05) is 0 Å². The van der Waals surface area contributed by atoms with Crippen molar-refractivity contribution in [3.8, 4) is 0 Å². The van der Waals surface area contributed by atoms with Crippen molar-refractivity contribution in [1.82, 2.24) is 0 Å². The fraction of sp³-hybridized carbons (Fsp3) is 0. The second kappa shape index (κ2) is 6.70. The van der Waals surface area contributed by atoms with Gasteiger partial charge in [-0.15, -0.1) is 0 Å². The molecule has 0 aromatic heterocycles. The molecule has 1 aromatic rings. The van der Waals surface area contributed by atoms with Crippen molar-refractivity contribution < 1.29 is 22.5 Å². The molecule has 0 aliphatic heterocycles. The van der Waals surface area contributed by atoms with Crippen molar-refractivity contribution in [2.24, 2.45) is 0 Å². The second-order valence-electron chi connectivity index (χ2n) is 1.15. The Morgan fingerprint density at radius 2 is 0.625 bits per heavy atom. The first-order valence-corrected chi connectivity index (χ1v) is 2.00. The predicted molar refractivity (Wildman–Crippen MR) is 30.1 cm³/mol. The predicted octanol–water partition coefficient (Wildman–Crippen LogP) is 0.859. The van der Waals surface area contributed by atoms with Crippen LogP contribution in [0.25, 0.3) is 0 Å². The average molecular weight is 160 g/mol. The van der Waals surface area contributed by atoms with Crippen LogP contribution >= 0.6 is 0 Å². The maximum absolute atomic E-state index is 2.00. The summed E-state index contributed by atoms with van der Waals surface area (Å²) in [5, 5.41) is 0. The summed E-state index contributed by atoms with van der Waals surface area (Å²) in [6.07, 6.45) is 0. The van der Waals surface area contributed by atoms with Crippen LogP contribution in [0.5, 0.6) is 0 Å². The van der Waals surface area contributed by atoms with Crippen LogP contribution in [-0.4, -0.2) is 5.48 Å². The molecule has 1 aromatic carbocycles. The summed E-state index contributed by atoms with van der Waals surface area (Å²) in [5.41, 5.74) is 0. The molecule has 0 bridgehead atoms. The molecule has 8 heavy (non-hydrogen) atoms.